The monoisotopic (exact) mass is 291 g/mol. The number of phenols is 1. The van der Waals surface area contributed by atoms with Crippen LogP contribution in [-0.4, -0.2) is 17.3 Å². The highest BCUT2D eigenvalue weighted by molar-refractivity contribution is 5.32. The first-order valence-electron chi connectivity index (χ1n) is 6.64. The number of rotatable bonds is 3. The van der Waals surface area contributed by atoms with Crippen LogP contribution in [0.3, 0.4) is 0 Å². The maximum absolute atomic E-state index is 13.0. The van der Waals surface area contributed by atoms with Gasteiger partial charge in [0.2, 0.25) is 0 Å². The van der Waals surface area contributed by atoms with Crippen molar-refractivity contribution in [3.05, 3.63) is 29.6 Å². The van der Waals surface area contributed by atoms with Gasteiger partial charge in [-0.1, -0.05) is 6.42 Å². The zero-order valence-electron chi connectivity index (χ0n) is 10.9. The summed E-state index contributed by atoms with van der Waals surface area (Å²) in [7, 11) is 0. The fourth-order valence-corrected chi connectivity index (χ4v) is 2.62. The standard InChI is InChI=1S/C14H17F4NO/c15-11-4-5-13(20)9(6-11)8-19-12-3-1-2-10(7-12)14(16,17)18/h4-6,10,12,19-20H,1-3,7-8H2. The Bertz CT molecular complexity index is 461. The lowest BCUT2D eigenvalue weighted by molar-refractivity contribution is -0.183. The summed E-state index contributed by atoms with van der Waals surface area (Å²) in [6.07, 6.45) is -2.74. The van der Waals surface area contributed by atoms with Crippen molar-refractivity contribution in [1.82, 2.24) is 5.32 Å². The Hall–Kier alpha value is -1.30. The predicted octanol–water partition coefficient (Wildman–Crippen LogP) is 3.74. The third-order valence-corrected chi connectivity index (χ3v) is 3.76. The number of halogens is 4. The molecule has 2 rings (SSSR count). The number of nitrogens with one attached hydrogen (secondary N) is 1. The quantitative estimate of drug-likeness (QED) is 0.831. The van der Waals surface area contributed by atoms with Gasteiger partial charge < -0.3 is 10.4 Å². The van der Waals surface area contributed by atoms with Crippen molar-refractivity contribution in [3.63, 3.8) is 0 Å². The van der Waals surface area contributed by atoms with Crippen LogP contribution >= 0.6 is 0 Å². The largest absolute Gasteiger partial charge is 0.508 e. The molecule has 1 fully saturated rings. The fourth-order valence-electron chi connectivity index (χ4n) is 2.62. The molecular weight excluding hydrogens is 274 g/mol. The molecule has 1 aliphatic rings. The molecule has 0 saturated heterocycles. The number of hydrogen-bond donors (Lipinski definition) is 2. The molecular formula is C14H17F4NO. The first-order valence-corrected chi connectivity index (χ1v) is 6.64. The second-order valence-corrected chi connectivity index (χ2v) is 5.26. The van der Waals surface area contributed by atoms with Crippen molar-refractivity contribution in [2.24, 2.45) is 5.92 Å². The molecule has 0 heterocycles. The van der Waals surface area contributed by atoms with E-state index in [1.165, 1.54) is 12.1 Å². The molecule has 1 aromatic rings. The Morgan fingerprint density at radius 1 is 1.25 bits per heavy atom. The van der Waals surface area contributed by atoms with Gasteiger partial charge in [-0.25, -0.2) is 4.39 Å². The number of hydrogen-bond acceptors (Lipinski definition) is 2. The lowest BCUT2D eigenvalue weighted by Gasteiger charge is -2.31. The Morgan fingerprint density at radius 2 is 2.00 bits per heavy atom. The van der Waals surface area contributed by atoms with E-state index in [0.717, 1.165) is 6.07 Å². The van der Waals surface area contributed by atoms with Crippen molar-refractivity contribution in [2.45, 2.75) is 44.4 Å². The zero-order valence-corrected chi connectivity index (χ0v) is 10.9. The molecule has 0 aromatic heterocycles. The smallest absolute Gasteiger partial charge is 0.391 e. The Labute approximate surface area is 114 Å². The van der Waals surface area contributed by atoms with Gasteiger partial charge in [0.05, 0.1) is 5.92 Å². The van der Waals surface area contributed by atoms with Gasteiger partial charge in [-0.05, 0) is 37.5 Å². The summed E-state index contributed by atoms with van der Waals surface area (Å²) in [6, 6.07) is 3.31. The first-order chi connectivity index (χ1) is 9.36. The molecule has 2 N–H and O–H groups in total. The van der Waals surface area contributed by atoms with Gasteiger partial charge in [0.1, 0.15) is 11.6 Å². The molecule has 2 nitrogen and oxygen atoms in total. The van der Waals surface area contributed by atoms with Crippen LogP contribution < -0.4 is 5.32 Å². The van der Waals surface area contributed by atoms with Gasteiger partial charge in [0.15, 0.2) is 0 Å². The van der Waals surface area contributed by atoms with E-state index in [-0.39, 0.29) is 31.2 Å². The van der Waals surface area contributed by atoms with Gasteiger partial charge in [-0.15, -0.1) is 0 Å². The molecule has 0 aliphatic heterocycles. The highest BCUT2D eigenvalue weighted by Crippen LogP contribution is 2.37. The van der Waals surface area contributed by atoms with Crippen LogP contribution in [0.25, 0.3) is 0 Å². The van der Waals surface area contributed by atoms with E-state index >= 15 is 0 Å². The van der Waals surface area contributed by atoms with E-state index in [1.54, 1.807) is 0 Å². The minimum atomic E-state index is -4.15. The molecule has 1 aromatic carbocycles. The normalized spacial score (nSPS) is 23.8. The number of benzene rings is 1. The Balaban J connectivity index is 1.92. The molecule has 6 heteroatoms. The van der Waals surface area contributed by atoms with Crippen molar-refractivity contribution in [3.8, 4) is 5.75 Å². The molecule has 112 valence electrons. The molecule has 0 amide bonds. The first kappa shape index (κ1) is 15.1. The van der Waals surface area contributed by atoms with Crippen LogP contribution in [0.15, 0.2) is 18.2 Å². The van der Waals surface area contributed by atoms with Gasteiger partial charge in [-0.3, -0.25) is 0 Å². The second-order valence-electron chi connectivity index (χ2n) is 5.26. The summed E-state index contributed by atoms with van der Waals surface area (Å²) in [5, 5.41) is 12.5. The Morgan fingerprint density at radius 3 is 2.70 bits per heavy atom. The molecule has 1 aliphatic carbocycles. The van der Waals surface area contributed by atoms with Crippen LogP contribution in [0.2, 0.25) is 0 Å². The van der Waals surface area contributed by atoms with Crippen LogP contribution in [-0.2, 0) is 6.54 Å². The lowest BCUT2D eigenvalue weighted by atomic mass is 9.85. The third kappa shape index (κ3) is 3.85. The summed E-state index contributed by atoms with van der Waals surface area (Å²) >= 11 is 0. The van der Waals surface area contributed by atoms with Gasteiger partial charge in [-0.2, -0.15) is 13.2 Å². The lowest BCUT2D eigenvalue weighted by Crippen LogP contribution is -2.38. The van der Waals surface area contributed by atoms with Gasteiger partial charge in [0, 0.05) is 18.2 Å². The summed E-state index contributed by atoms with van der Waals surface area (Å²) in [6.45, 7) is 0.166. The molecule has 20 heavy (non-hydrogen) atoms. The topological polar surface area (TPSA) is 32.3 Å². The van der Waals surface area contributed by atoms with Crippen LogP contribution in [0.4, 0.5) is 17.6 Å². The molecule has 0 bridgehead atoms. The molecule has 0 radical (unpaired) electrons. The van der Waals surface area contributed by atoms with E-state index in [4.69, 9.17) is 0 Å². The molecule has 2 atom stereocenters. The van der Waals surface area contributed by atoms with E-state index in [2.05, 4.69) is 5.32 Å². The van der Waals surface area contributed by atoms with Crippen molar-refractivity contribution >= 4 is 0 Å². The predicted molar refractivity (Wildman–Crippen MR) is 66.7 cm³/mol. The average Bonchev–Trinajstić information content (AvgIpc) is 2.39. The maximum Gasteiger partial charge on any atom is 0.391 e. The van der Waals surface area contributed by atoms with Crippen LogP contribution in [0.5, 0.6) is 5.75 Å². The highest BCUT2D eigenvalue weighted by atomic mass is 19.4. The average molecular weight is 291 g/mol. The van der Waals surface area contributed by atoms with E-state index < -0.39 is 17.9 Å². The number of phenolic OH excluding ortho intramolecular Hbond substituents is 1. The van der Waals surface area contributed by atoms with Crippen LogP contribution in [0.1, 0.15) is 31.2 Å². The van der Waals surface area contributed by atoms with Gasteiger partial charge in [0.25, 0.3) is 0 Å². The highest BCUT2D eigenvalue weighted by Gasteiger charge is 2.41. The summed E-state index contributed by atoms with van der Waals surface area (Å²) < 4.78 is 51.1. The molecule has 2 unspecified atom stereocenters. The summed E-state index contributed by atoms with van der Waals surface area (Å²) in [4.78, 5) is 0. The maximum atomic E-state index is 13.0. The third-order valence-electron chi connectivity index (χ3n) is 3.76. The fraction of sp³-hybridized carbons (Fsp3) is 0.571. The van der Waals surface area contributed by atoms with Gasteiger partial charge >= 0.3 is 6.18 Å². The Kier molecular flexibility index (Phi) is 4.52. The van der Waals surface area contributed by atoms with E-state index in [0.29, 0.717) is 18.4 Å². The zero-order chi connectivity index (χ0) is 14.8. The summed E-state index contributed by atoms with van der Waals surface area (Å²) in [5.41, 5.74) is 0.360. The van der Waals surface area contributed by atoms with Crippen molar-refractivity contribution < 1.29 is 22.7 Å². The second kappa shape index (κ2) is 5.99. The van der Waals surface area contributed by atoms with Crippen LogP contribution in [0, 0.1) is 11.7 Å². The number of alkyl halides is 3. The summed E-state index contributed by atoms with van der Waals surface area (Å²) in [5.74, 6) is -1.80. The minimum absolute atomic E-state index is 0.0412. The van der Waals surface area contributed by atoms with E-state index in [9.17, 15) is 22.7 Å². The minimum Gasteiger partial charge on any atom is -0.508 e. The molecule has 0 spiro atoms. The van der Waals surface area contributed by atoms with Crippen molar-refractivity contribution in [1.29, 1.82) is 0 Å². The van der Waals surface area contributed by atoms with E-state index in [1.807, 2.05) is 0 Å². The SMILES string of the molecule is Oc1ccc(F)cc1CNC1CCCC(C(F)(F)F)C1. The number of aromatic hydroxyl groups is 1. The van der Waals surface area contributed by atoms with Crippen molar-refractivity contribution in [2.75, 3.05) is 0 Å². The molecule has 1 saturated carbocycles.